The van der Waals surface area contributed by atoms with Crippen LogP contribution in [0.2, 0.25) is 0 Å². The van der Waals surface area contributed by atoms with E-state index < -0.39 is 0 Å². The summed E-state index contributed by atoms with van der Waals surface area (Å²) >= 11 is 0. The molecule has 0 bridgehead atoms. The van der Waals surface area contributed by atoms with Gasteiger partial charge in [-0.15, -0.1) is 0 Å². The van der Waals surface area contributed by atoms with E-state index >= 15 is 0 Å². The zero-order chi connectivity index (χ0) is 26.3. The number of aromatic nitrogens is 2. The largest absolute Gasteiger partial charge is 0.436 e. The van der Waals surface area contributed by atoms with Crippen molar-refractivity contribution in [1.82, 2.24) is 9.55 Å². The highest BCUT2D eigenvalue weighted by Gasteiger charge is 2.14. The number of benzene rings is 5. The number of oxazole rings is 1. The number of rotatable bonds is 6. The third-order valence-electron chi connectivity index (χ3n) is 7.73. The molecule has 3 nitrogen and oxygen atoms in total. The van der Waals surface area contributed by atoms with Crippen LogP contribution in [0.5, 0.6) is 0 Å². The van der Waals surface area contributed by atoms with Crippen molar-refractivity contribution in [2.45, 2.75) is 33.1 Å². The van der Waals surface area contributed by atoms with Gasteiger partial charge in [0.05, 0.1) is 11.0 Å². The van der Waals surface area contributed by atoms with Gasteiger partial charge in [-0.25, -0.2) is 4.98 Å². The monoisotopic (exact) mass is 506 g/mol. The van der Waals surface area contributed by atoms with Crippen LogP contribution in [0.1, 0.15) is 31.4 Å². The Morgan fingerprint density at radius 1 is 0.667 bits per heavy atom. The van der Waals surface area contributed by atoms with E-state index in [-0.39, 0.29) is 0 Å². The Bertz CT molecular complexity index is 1890. The molecule has 39 heavy (non-hydrogen) atoms. The van der Waals surface area contributed by atoms with Gasteiger partial charge in [-0.3, -0.25) is 0 Å². The minimum Gasteiger partial charge on any atom is -0.436 e. The minimum absolute atomic E-state index is 0.684. The molecule has 7 rings (SSSR count). The third-order valence-corrected chi connectivity index (χ3v) is 7.73. The van der Waals surface area contributed by atoms with E-state index in [2.05, 4.69) is 128 Å². The molecule has 0 N–H and O–H groups in total. The molecule has 0 saturated heterocycles. The van der Waals surface area contributed by atoms with E-state index in [1.165, 1.54) is 44.1 Å². The lowest BCUT2D eigenvalue weighted by Crippen LogP contribution is -1.93. The van der Waals surface area contributed by atoms with Crippen molar-refractivity contribution in [1.29, 1.82) is 0 Å². The topological polar surface area (TPSA) is 31.0 Å². The summed E-state index contributed by atoms with van der Waals surface area (Å²) in [4.78, 5) is 4.86. The van der Waals surface area contributed by atoms with Gasteiger partial charge in [0, 0.05) is 22.0 Å². The van der Waals surface area contributed by atoms with E-state index in [4.69, 9.17) is 9.40 Å². The Morgan fingerprint density at radius 3 is 1.87 bits per heavy atom. The molecule has 0 aliphatic rings. The van der Waals surface area contributed by atoms with Gasteiger partial charge in [0.1, 0.15) is 5.52 Å². The molecule has 0 fully saturated rings. The summed E-state index contributed by atoms with van der Waals surface area (Å²) in [6.07, 6.45) is 3.09. The normalized spacial score (nSPS) is 11.6. The van der Waals surface area contributed by atoms with Crippen molar-refractivity contribution in [3.63, 3.8) is 0 Å². The maximum atomic E-state index is 6.30. The highest BCUT2D eigenvalue weighted by Crippen LogP contribution is 2.33. The Kier molecular flexibility index (Phi) is 5.78. The molecule has 0 aliphatic heterocycles. The van der Waals surface area contributed by atoms with Crippen LogP contribution in [0.15, 0.2) is 114 Å². The van der Waals surface area contributed by atoms with Gasteiger partial charge in [-0.2, -0.15) is 0 Å². The fourth-order valence-corrected chi connectivity index (χ4v) is 5.76. The fourth-order valence-electron chi connectivity index (χ4n) is 5.76. The van der Waals surface area contributed by atoms with Gasteiger partial charge in [0.2, 0.25) is 5.89 Å². The number of fused-ring (bicyclic) bond motifs is 4. The van der Waals surface area contributed by atoms with E-state index in [1.54, 1.807) is 0 Å². The summed E-state index contributed by atoms with van der Waals surface area (Å²) in [6.45, 7) is 4.39. The second-order valence-corrected chi connectivity index (χ2v) is 10.2. The zero-order valence-corrected chi connectivity index (χ0v) is 22.3. The van der Waals surface area contributed by atoms with Crippen LogP contribution in [0, 0.1) is 0 Å². The second-order valence-electron chi connectivity index (χ2n) is 10.2. The summed E-state index contributed by atoms with van der Waals surface area (Å²) < 4.78 is 8.65. The highest BCUT2D eigenvalue weighted by molar-refractivity contribution is 6.09. The molecule has 0 atom stereocenters. The summed E-state index contributed by atoms with van der Waals surface area (Å²) in [5.74, 6) is 0.684. The Hall–Kier alpha value is -4.63. The maximum Gasteiger partial charge on any atom is 0.227 e. The number of aryl methyl sites for hydroxylation is 2. The molecule has 7 aromatic rings. The highest BCUT2D eigenvalue weighted by atomic mass is 16.3. The van der Waals surface area contributed by atoms with Crippen molar-refractivity contribution in [3.05, 3.63) is 120 Å². The van der Waals surface area contributed by atoms with Gasteiger partial charge >= 0.3 is 0 Å². The Labute approximate surface area is 228 Å². The lowest BCUT2D eigenvalue weighted by Gasteiger charge is -2.09. The van der Waals surface area contributed by atoms with E-state index in [9.17, 15) is 0 Å². The van der Waals surface area contributed by atoms with Crippen molar-refractivity contribution >= 4 is 32.9 Å². The molecule has 0 unspecified atom stereocenters. The molecule has 5 aromatic carbocycles. The molecule has 2 heterocycles. The van der Waals surface area contributed by atoms with Crippen molar-refractivity contribution in [2.75, 3.05) is 0 Å². The van der Waals surface area contributed by atoms with Crippen LogP contribution in [0.4, 0.5) is 0 Å². The first-order valence-electron chi connectivity index (χ1n) is 13.8. The summed E-state index contributed by atoms with van der Waals surface area (Å²) in [6, 6.07) is 39.0. The lowest BCUT2D eigenvalue weighted by atomic mass is 10.0. The molecule has 0 spiro atoms. The van der Waals surface area contributed by atoms with Crippen LogP contribution in [-0.2, 0) is 12.8 Å². The zero-order valence-electron chi connectivity index (χ0n) is 22.3. The Balaban J connectivity index is 1.21. The van der Waals surface area contributed by atoms with Gasteiger partial charge < -0.3 is 8.98 Å². The maximum absolute atomic E-state index is 6.30. The fraction of sp³-hybridized carbons (Fsp3) is 0.139. The smallest absolute Gasteiger partial charge is 0.227 e. The van der Waals surface area contributed by atoms with Crippen molar-refractivity contribution in [3.8, 4) is 28.3 Å². The Morgan fingerprint density at radius 2 is 1.26 bits per heavy atom. The molecule has 0 amide bonds. The molecule has 2 aromatic heterocycles. The first kappa shape index (κ1) is 23.5. The van der Waals surface area contributed by atoms with E-state index in [0.29, 0.717) is 5.89 Å². The van der Waals surface area contributed by atoms with Crippen LogP contribution in [0.3, 0.4) is 0 Å². The number of hydrogen-bond acceptors (Lipinski definition) is 2. The van der Waals surface area contributed by atoms with Crippen molar-refractivity contribution in [2.24, 2.45) is 0 Å². The number of para-hydroxylation sites is 2. The lowest BCUT2D eigenvalue weighted by molar-refractivity contribution is 0.614. The van der Waals surface area contributed by atoms with Crippen LogP contribution in [0.25, 0.3) is 61.2 Å². The summed E-state index contributed by atoms with van der Waals surface area (Å²) in [5, 5.41) is 2.55. The van der Waals surface area contributed by atoms with Gasteiger partial charge in [-0.05, 0) is 77.6 Å². The average molecular weight is 507 g/mol. The molecule has 0 saturated carbocycles. The molecule has 0 radical (unpaired) electrons. The first-order valence-corrected chi connectivity index (χ1v) is 13.8. The molecule has 0 aliphatic carbocycles. The number of nitrogens with zero attached hydrogens (tertiary/aromatic N) is 2. The minimum atomic E-state index is 0.684. The first-order chi connectivity index (χ1) is 19.2. The van der Waals surface area contributed by atoms with Gasteiger partial charge in [0.15, 0.2) is 5.58 Å². The summed E-state index contributed by atoms with van der Waals surface area (Å²) in [7, 11) is 0. The van der Waals surface area contributed by atoms with E-state index in [0.717, 1.165) is 41.6 Å². The SMILES string of the molecule is CCCc1cc(CC)cc2nc(-c3ccc(-c4ccc(-n5c6ccccc6c6ccccc65)cc4)cc3)oc12. The predicted octanol–water partition coefficient (Wildman–Crippen LogP) is 9.77. The average Bonchev–Trinajstić information content (AvgIpc) is 3.57. The van der Waals surface area contributed by atoms with Crippen molar-refractivity contribution < 1.29 is 4.42 Å². The van der Waals surface area contributed by atoms with Gasteiger partial charge in [-0.1, -0.05) is 87.0 Å². The number of hydrogen-bond donors (Lipinski definition) is 0. The predicted molar refractivity (Wildman–Crippen MR) is 163 cm³/mol. The van der Waals surface area contributed by atoms with Crippen LogP contribution in [-0.4, -0.2) is 9.55 Å². The van der Waals surface area contributed by atoms with Gasteiger partial charge in [0.25, 0.3) is 0 Å². The van der Waals surface area contributed by atoms with Crippen LogP contribution < -0.4 is 0 Å². The molecule has 190 valence electrons. The van der Waals surface area contributed by atoms with Crippen LogP contribution >= 0.6 is 0 Å². The molecular formula is C36H30N2O. The standard InChI is InChI=1S/C36H30N2O/c1-3-9-28-22-24(4-2)23-32-35(28)39-36(37-32)27-16-14-25(15-17-27)26-18-20-29(21-19-26)38-33-12-7-5-10-30(33)31-11-6-8-13-34(31)38/h5-8,10-23H,3-4,9H2,1-2H3. The summed E-state index contributed by atoms with van der Waals surface area (Å²) in [5.41, 5.74) is 11.4. The molecule has 3 heteroatoms. The second kappa shape index (κ2) is 9.59. The molecular weight excluding hydrogens is 476 g/mol. The quantitative estimate of drug-likeness (QED) is 0.225. The van der Waals surface area contributed by atoms with E-state index in [1.807, 2.05) is 0 Å². The third kappa shape index (κ3) is 4.02.